The molecule has 0 atom stereocenters. The van der Waals surface area contributed by atoms with Crippen molar-refractivity contribution in [1.82, 2.24) is 0 Å². The van der Waals surface area contributed by atoms with Gasteiger partial charge in [-0.3, -0.25) is 0 Å². The lowest BCUT2D eigenvalue weighted by Crippen LogP contribution is -2.26. The van der Waals surface area contributed by atoms with E-state index in [4.69, 9.17) is 0 Å². The Kier molecular flexibility index (Phi) is 6.49. The first-order valence-electron chi connectivity index (χ1n) is 12.2. The summed E-state index contributed by atoms with van der Waals surface area (Å²) in [5.74, 6) is 0.668. The summed E-state index contributed by atoms with van der Waals surface area (Å²) < 4.78 is 0. The van der Waals surface area contributed by atoms with Crippen LogP contribution >= 0.6 is 7.92 Å². The Morgan fingerprint density at radius 1 is 0.571 bits per heavy atom. The standard InChI is InChI=1S/C32H37O2P/c1-20-15-25(31(3,4)5)29(33)27(17-20)35(24-14-13-22-11-9-10-12-23(22)19-24)28-18-21(2)16-26(30(28)34)32(6,7)8/h9-19,33-34H,1-8H3. The Morgan fingerprint density at radius 2 is 1.03 bits per heavy atom. The van der Waals surface area contributed by atoms with Crippen molar-refractivity contribution < 1.29 is 10.2 Å². The van der Waals surface area contributed by atoms with E-state index in [0.29, 0.717) is 11.5 Å². The van der Waals surface area contributed by atoms with Gasteiger partial charge in [0.05, 0.1) is 0 Å². The Labute approximate surface area is 211 Å². The molecular weight excluding hydrogens is 447 g/mol. The third kappa shape index (κ3) is 4.95. The lowest BCUT2D eigenvalue weighted by Gasteiger charge is -2.29. The molecule has 4 aromatic carbocycles. The minimum Gasteiger partial charge on any atom is -0.507 e. The average molecular weight is 485 g/mol. The van der Waals surface area contributed by atoms with Gasteiger partial charge in [0, 0.05) is 21.7 Å². The van der Waals surface area contributed by atoms with Crippen LogP contribution in [0.25, 0.3) is 10.8 Å². The second kappa shape index (κ2) is 8.99. The maximum absolute atomic E-state index is 11.7. The van der Waals surface area contributed by atoms with Crippen molar-refractivity contribution in [3.63, 3.8) is 0 Å². The third-order valence-electron chi connectivity index (χ3n) is 6.56. The quantitative estimate of drug-likeness (QED) is 0.301. The summed E-state index contributed by atoms with van der Waals surface area (Å²) in [6.07, 6.45) is 0. The molecule has 0 radical (unpaired) electrons. The van der Waals surface area contributed by atoms with Crippen LogP contribution in [0.3, 0.4) is 0 Å². The van der Waals surface area contributed by atoms with Gasteiger partial charge in [-0.15, -0.1) is 0 Å². The van der Waals surface area contributed by atoms with Crippen molar-refractivity contribution in [2.75, 3.05) is 0 Å². The van der Waals surface area contributed by atoms with Crippen molar-refractivity contribution >= 4 is 34.6 Å². The number of aryl methyl sites for hydroxylation is 2. The molecule has 0 heterocycles. The number of fused-ring (bicyclic) bond motifs is 1. The monoisotopic (exact) mass is 484 g/mol. The van der Waals surface area contributed by atoms with Crippen molar-refractivity contribution in [2.24, 2.45) is 0 Å². The Balaban J connectivity index is 2.10. The number of benzene rings is 4. The topological polar surface area (TPSA) is 40.5 Å². The summed E-state index contributed by atoms with van der Waals surface area (Å²) in [5.41, 5.74) is 3.67. The second-order valence-electron chi connectivity index (χ2n) is 11.7. The molecule has 0 amide bonds. The first-order chi connectivity index (χ1) is 16.3. The molecule has 0 bridgehead atoms. The van der Waals surface area contributed by atoms with Crippen LogP contribution in [0.15, 0.2) is 66.7 Å². The molecular formula is C32H37O2P. The molecule has 0 spiro atoms. The van der Waals surface area contributed by atoms with Gasteiger partial charge in [0.1, 0.15) is 11.5 Å². The van der Waals surface area contributed by atoms with Crippen molar-refractivity contribution in [1.29, 1.82) is 0 Å². The van der Waals surface area contributed by atoms with Gasteiger partial charge in [-0.1, -0.05) is 90.1 Å². The fourth-order valence-corrected chi connectivity index (χ4v) is 7.37. The molecule has 4 rings (SSSR count). The molecule has 4 aromatic rings. The summed E-state index contributed by atoms with van der Waals surface area (Å²) >= 11 is 0. The zero-order chi connectivity index (χ0) is 25.7. The van der Waals surface area contributed by atoms with Gasteiger partial charge >= 0.3 is 0 Å². The fourth-order valence-electron chi connectivity index (χ4n) is 4.73. The maximum Gasteiger partial charge on any atom is 0.127 e. The van der Waals surface area contributed by atoms with E-state index in [2.05, 4.69) is 122 Å². The molecule has 182 valence electrons. The maximum atomic E-state index is 11.7. The van der Waals surface area contributed by atoms with Crippen molar-refractivity contribution in [3.8, 4) is 11.5 Å². The van der Waals surface area contributed by atoms with Crippen LogP contribution in [0.1, 0.15) is 63.8 Å². The van der Waals surface area contributed by atoms with Gasteiger partial charge < -0.3 is 10.2 Å². The van der Waals surface area contributed by atoms with Crippen LogP contribution in [0.5, 0.6) is 11.5 Å². The van der Waals surface area contributed by atoms with E-state index in [9.17, 15) is 10.2 Å². The highest BCUT2D eigenvalue weighted by atomic mass is 31.1. The Morgan fingerprint density at radius 3 is 1.49 bits per heavy atom. The van der Waals surface area contributed by atoms with Crippen LogP contribution < -0.4 is 15.9 Å². The van der Waals surface area contributed by atoms with E-state index in [1.54, 1.807) is 0 Å². The minimum absolute atomic E-state index is 0.208. The first kappa shape index (κ1) is 25.3. The van der Waals surface area contributed by atoms with E-state index in [1.807, 2.05) is 0 Å². The van der Waals surface area contributed by atoms with Gasteiger partial charge in [-0.2, -0.15) is 0 Å². The molecule has 2 N–H and O–H groups in total. The van der Waals surface area contributed by atoms with Crippen molar-refractivity contribution in [3.05, 3.63) is 89.0 Å². The number of phenolic OH excluding ortho intramolecular Hbond substituents is 2. The molecule has 0 aliphatic rings. The smallest absolute Gasteiger partial charge is 0.127 e. The average Bonchev–Trinajstić information content (AvgIpc) is 2.76. The van der Waals surface area contributed by atoms with E-state index < -0.39 is 7.92 Å². The molecule has 3 heteroatoms. The summed E-state index contributed by atoms with van der Waals surface area (Å²) in [7, 11) is -1.22. The molecule has 0 fully saturated rings. The fraction of sp³-hybridized carbons (Fsp3) is 0.312. The predicted octanol–water partition coefficient (Wildman–Crippen LogP) is 7.22. The highest BCUT2D eigenvalue weighted by Crippen LogP contribution is 2.45. The van der Waals surface area contributed by atoms with Crippen LogP contribution in [-0.4, -0.2) is 10.2 Å². The van der Waals surface area contributed by atoms with E-state index in [-0.39, 0.29) is 10.8 Å². The van der Waals surface area contributed by atoms with Gasteiger partial charge in [-0.05, 0) is 78.0 Å². The number of hydrogen-bond acceptors (Lipinski definition) is 2. The van der Waals surface area contributed by atoms with E-state index >= 15 is 0 Å². The van der Waals surface area contributed by atoms with Gasteiger partial charge in [0.15, 0.2) is 0 Å². The SMILES string of the molecule is Cc1cc(P(c2ccc3ccccc3c2)c2cc(C)cc(C(C)(C)C)c2O)c(O)c(C(C)(C)C)c1. The van der Waals surface area contributed by atoms with Crippen LogP contribution in [-0.2, 0) is 10.8 Å². The molecule has 0 aliphatic carbocycles. The number of aromatic hydroxyl groups is 2. The number of phenols is 2. The third-order valence-corrected chi connectivity index (χ3v) is 9.00. The molecule has 0 saturated carbocycles. The Hall–Kier alpha value is -2.83. The van der Waals surface area contributed by atoms with E-state index in [1.165, 1.54) is 5.39 Å². The molecule has 0 saturated heterocycles. The highest BCUT2D eigenvalue weighted by Gasteiger charge is 2.30. The predicted molar refractivity (Wildman–Crippen MR) is 153 cm³/mol. The van der Waals surface area contributed by atoms with Crippen LogP contribution in [0.4, 0.5) is 0 Å². The normalized spacial score (nSPS) is 12.5. The first-order valence-corrected chi connectivity index (χ1v) is 13.6. The summed E-state index contributed by atoms with van der Waals surface area (Å²) in [5, 5.41) is 28.6. The van der Waals surface area contributed by atoms with Gasteiger partial charge in [0.25, 0.3) is 0 Å². The zero-order valence-electron chi connectivity index (χ0n) is 22.2. The largest absolute Gasteiger partial charge is 0.507 e. The minimum atomic E-state index is -1.22. The second-order valence-corrected chi connectivity index (χ2v) is 13.9. The molecule has 0 aromatic heterocycles. The zero-order valence-corrected chi connectivity index (χ0v) is 23.1. The molecule has 2 nitrogen and oxygen atoms in total. The summed E-state index contributed by atoms with van der Waals surface area (Å²) in [6.45, 7) is 17.0. The van der Waals surface area contributed by atoms with Crippen LogP contribution in [0.2, 0.25) is 0 Å². The van der Waals surface area contributed by atoms with Gasteiger partial charge in [0.2, 0.25) is 0 Å². The number of hydrogen-bond donors (Lipinski definition) is 2. The number of rotatable bonds is 3. The van der Waals surface area contributed by atoms with Crippen LogP contribution in [0, 0.1) is 13.8 Å². The molecule has 0 aliphatic heterocycles. The van der Waals surface area contributed by atoms with Gasteiger partial charge in [-0.25, -0.2) is 0 Å². The lowest BCUT2D eigenvalue weighted by molar-refractivity contribution is 0.450. The molecule has 0 unspecified atom stereocenters. The summed E-state index contributed by atoms with van der Waals surface area (Å²) in [6, 6.07) is 23.2. The summed E-state index contributed by atoms with van der Waals surface area (Å²) in [4.78, 5) is 0. The Bertz CT molecular complexity index is 1330. The lowest BCUT2D eigenvalue weighted by atomic mass is 9.85. The van der Waals surface area contributed by atoms with Crippen molar-refractivity contribution in [2.45, 2.75) is 66.2 Å². The molecule has 35 heavy (non-hydrogen) atoms. The highest BCUT2D eigenvalue weighted by molar-refractivity contribution is 7.80. The van der Waals surface area contributed by atoms with E-state index in [0.717, 1.165) is 43.6 Å².